The van der Waals surface area contributed by atoms with Crippen LogP contribution >= 0.6 is 11.8 Å². The first kappa shape index (κ1) is 14.7. The zero-order valence-electron chi connectivity index (χ0n) is 11.2. The van der Waals surface area contributed by atoms with Crippen molar-refractivity contribution in [2.75, 3.05) is 18.8 Å². The van der Waals surface area contributed by atoms with E-state index < -0.39 is 12.1 Å². The smallest absolute Gasteiger partial charge is 0.305 e. The summed E-state index contributed by atoms with van der Waals surface area (Å²) in [6, 6.07) is 7.61. The maximum absolute atomic E-state index is 12.3. The average molecular weight is 295 g/mol. The van der Waals surface area contributed by atoms with E-state index in [1.54, 1.807) is 11.8 Å². The van der Waals surface area contributed by atoms with Crippen LogP contribution < -0.4 is 4.74 Å². The lowest BCUT2D eigenvalue weighted by molar-refractivity contribution is -0.140. The van der Waals surface area contributed by atoms with Gasteiger partial charge in [0.05, 0.1) is 6.42 Å². The molecule has 0 saturated heterocycles. The highest BCUT2D eigenvalue weighted by molar-refractivity contribution is 7.99. The van der Waals surface area contributed by atoms with Gasteiger partial charge in [0.15, 0.2) is 6.10 Å². The molecule has 1 aromatic rings. The van der Waals surface area contributed by atoms with E-state index in [0.29, 0.717) is 12.3 Å². The number of para-hydroxylation sites is 1. The van der Waals surface area contributed by atoms with Crippen molar-refractivity contribution < 1.29 is 19.4 Å². The number of hydrogen-bond donors (Lipinski definition) is 1. The van der Waals surface area contributed by atoms with Crippen LogP contribution in [0.1, 0.15) is 13.3 Å². The topological polar surface area (TPSA) is 66.8 Å². The average Bonchev–Trinajstić information content (AvgIpc) is 2.47. The molecule has 0 fully saturated rings. The molecule has 0 unspecified atom stereocenters. The number of carboxylic acid groups (broad SMARTS) is 1. The number of likely N-dealkylation sites (N-methyl/N-ethyl adjacent to an activating group) is 1. The molecule has 1 aliphatic heterocycles. The second-order valence-corrected chi connectivity index (χ2v) is 5.49. The van der Waals surface area contributed by atoms with Crippen LogP contribution in [-0.2, 0) is 9.59 Å². The third-order valence-electron chi connectivity index (χ3n) is 3.07. The minimum atomic E-state index is -0.902. The number of benzene rings is 1. The quantitative estimate of drug-likeness (QED) is 0.898. The summed E-state index contributed by atoms with van der Waals surface area (Å²) in [5.41, 5.74) is 0. The van der Waals surface area contributed by atoms with Gasteiger partial charge in [0.2, 0.25) is 0 Å². The van der Waals surface area contributed by atoms with Crippen molar-refractivity contribution in [3.8, 4) is 5.75 Å². The van der Waals surface area contributed by atoms with E-state index >= 15 is 0 Å². The Balaban J connectivity index is 2.01. The number of rotatable bonds is 5. The summed E-state index contributed by atoms with van der Waals surface area (Å²) >= 11 is 1.59. The lowest BCUT2D eigenvalue weighted by atomic mass is 10.2. The molecule has 1 aliphatic rings. The van der Waals surface area contributed by atoms with Crippen LogP contribution in [0.25, 0.3) is 0 Å². The summed E-state index contributed by atoms with van der Waals surface area (Å²) in [5.74, 6) is 0.229. The normalized spacial score (nSPS) is 16.9. The first-order valence-corrected chi connectivity index (χ1v) is 7.49. The van der Waals surface area contributed by atoms with Crippen LogP contribution in [0.5, 0.6) is 5.75 Å². The van der Waals surface area contributed by atoms with Crippen molar-refractivity contribution in [1.29, 1.82) is 0 Å². The number of amides is 1. The number of ether oxygens (including phenoxy) is 1. The Morgan fingerprint density at radius 3 is 2.90 bits per heavy atom. The lowest BCUT2D eigenvalue weighted by Gasteiger charge is -2.29. The number of fused-ring (bicyclic) bond motifs is 1. The fourth-order valence-corrected chi connectivity index (χ4v) is 2.97. The van der Waals surface area contributed by atoms with Gasteiger partial charge in [-0.15, -0.1) is 11.8 Å². The predicted molar refractivity (Wildman–Crippen MR) is 76.1 cm³/mol. The molecule has 0 spiro atoms. The van der Waals surface area contributed by atoms with Crippen molar-refractivity contribution in [2.24, 2.45) is 0 Å². The van der Waals surface area contributed by atoms with Gasteiger partial charge < -0.3 is 14.7 Å². The summed E-state index contributed by atoms with van der Waals surface area (Å²) in [4.78, 5) is 25.5. The van der Waals surface area contributed by atoms with Gasteiger partial charge in [0, 0.05) is 23.7 Å². The van der Waals surface area contributed by atoms with Gasteiger partial charge in [0.1, 0.15) is 5.75 Å². The molecular formula is C14H17NO4S. The molecule has 108 valence electrons. The standard InChI is InChI=1S/C14H17NO4S/c1-2-15(8-7-13(16)17)14(18)11-9-20-12-6-4-3-5-10(12)19-11/h3-6,11H,2,7-9H2,1H3,(H,16,17)/t11-/m0/s1. The minimum absolute atomic E-state index is 0.0456. The molecule has 5 nitrogen and oxygen atoms in total. The Morgan fingerprint density at radius 2 is 2.20 bits per heavy atom. The second kappa shape index (κ2) is 6.65. The maximum atomic E-state index is 12.3. The van der Waals surface area contributed by atoms with Gasteiger partial charge in [-0.3, -0.25) is 9.59 Å². The van der Waals surface area contributed by atoms with Crippen LogP contribution in [0.15, 0.2) is 29.2 Å². The van der Waals surface area contributed by atoms with Crippen LogP contribution in [0, 0.1) is 0 Å². The zero-order chi connectivity index (χ0) is 14.5. The van der Waals surface area contributed by atoms with Crippen molar-refractivity contribution in [2.45, 2.75) is 24.3 Å². The van der Waals surface area contributed by atoms with Crippen molar-refractivity contribution in [3.05, 3.63) is 24.3 Å². The molecule has 0 radical (unpaired) electrons. The summed E-state index contributed by atoms with van der Waals surface area (Å²) in [5, 5.41) is 8.71. The number of hydrogen-bond acceptors (Lipinski definition) is 4. The highest BCUT2D eigenvalue weighted by Crippen LogP contribution is 2.35. The van der Waals surface area contributed by atoms with E-state index in [-0.39, 0.29) is 18.9 Å². The van der Waals surface area contributed by atoms with E-state index in [1.807, 2.05) is 31.2 Å². The van der Waals surface area contributed by atoms with Crippen LogP contribution in [0.3, 0.4) is 0 Å². The molecule has 0 bridgehead atoms. The molecule has 2 rings (SSSR count). The summed E-state index contributed by atoms with van der Waals surface area (Å²) < 4.78 is 5.72. The molecule has 20 heavy (non-hydrogen) atoms. The molecule has 0 aliphatic carbocycles. The molecule has 6 heteroatoms. The fourth-order valence-electron chi connectivity index (χ4n) is 2.00. The fraction of sp³-hybridized carbons (Fsp3) is 0.429. The van der Waals surface area contributed by atoms with Gasteiger partial charge in [-0.2, -0.15) is 0 Å². The van der Waals surface area contributed by atoms with E-state index in [9.17, 15) is 9.59 Å². The first-order valence-electron chi connectivity index (χ1n) is 6.51. The molecular weight excluding hydrogens is 278 g/mol. The van der Waals surface area contributed by atoms with E-state index in [0.717, 1.165) is 10.6 Å². The Hall–Kier alpha value is -1.69. The van der Waals surface area contributed by atoms with E-state index in [4.69, 9.17) is 9.84 Å². The molecule has 0 aromatic heterocycles. The van der Waals surface area contributed by atoms with Gasteiger partial charge >= 0.3 is 5.97 Å². The number of nitrogens with zero attached hydrogens (tertiary/aromatic N) is 1. The molecule has 0 saturated carbocycles. The summed E-state index contributed by atoms with van der Waals surface area (Å²) in [6.45, 7) is 2.54. The highest BCUT2D eigenvalue weighted by Gasteiger charge is 2.29. The molecule has 1 atom stereocenters. The van der Waals surface area contributed by atoms with Gasteiger partial charge in [-0.1, -0.05) is 12.1 Å². The van der Waals surface area contributed by atoms with Crippen molar-refractivity contribution in [3.63, 3.8) is 0 Å². The van der Waals surface area contributed by atoms with Crippen LogP contribution in [-0.4, -0.2) is 46.8 Å². The largest absolute Gasteiger partial charge is 0.481 e. The Kier molecular flexibility index (Phi) is 4.89. The number of carbonyl (C=O) groups is 2. The third-order valence-corrected chi connectivity index (χ3v) is 4.19. The summed E-state index contributed by atoms with van der Waals surface area (Å²) in [6.07, 6.45) is -0.584. The minimum Gasteiger partial charge on any atom is -0.481 e. The van der Waals surface area contributed by atoms with E-state index in [1.165, 1.54) is 4.90 Å². The Morgan fingerprint density at radius 1 is 1.45 bits per heavy atom. The zero-order valence-corrected chi connectivity index (χ0v) is 12.1. The number of carbonyl (C=O) groups excluding carboxylic acids is 1. The summed E-state index contributed by atoms with van der Waals surface area (Å²) in [7, 11) is 0. The van der Waals surface area contributed by atoms with Gasteiger partial charge in [0.25, 0.3) is 5.91 Å². The first-order chi connectivity index (χ1) is 9.61. The molecule has 1 heterocycles. The third kappa shape index (κ3) is 3.45. The second-order valence-electron chi connectivity index (χ2n) is 4.43. The van der Waals surface area contributed by atoms with Crippen molar-refractivity contribution >= 4 is 23.6 Å². The molecule has 1 aromatic carbocycles. The van der Waals surface area contributed by atoms with E-state index in [2.05, 4.69) is 0 Å². The maximum Gasteiger partial charge on any atom is 0.305 e. The van der Waals surface area contributed by atoms with Gasteiger partial charge in [-0.05, 0) is 19.1 Å². The lowest BCUT2D eigenvalue weighted by Crippen LogP contribution is -2.45. The van der Waals surface area contributed by atoms with Crippen molar-refractivity contribution in [1.82, 2.24) is 4.90 Å². The number of thioether (sulfide) groups is 1. The number of carboxylic acids is 1. The SMILES string of the molecule is CCN(CCC(=O)O)C(=O)[C@@H]1CSc2ccccc2O1. The van der Waals surface area contributed by atoms with Gasteiger partial charge in [-0.25, -0.2) is 0 Å². The monoisotopic (exact) mass is 295 g/mol. The Labute approximate surface area is 121 Å². The Bertz CT molecular complexity index is 506. The highest BCUT2D eigenvalue weighted by atomic mass is 32.2. The number of aliphatic carboxylic acids is 1. The molecule has 1 N–H and O–H groups in total. The van der Waals surface area contributed by atoms with Crippen LogP contribution in [0.4, 0.5) is 0 Å². The molecule has 1 amide bonds. The predicted octanol–water partition coefficient (Wildman–Crippen LogP) is 1.86. The van der Waals surface area contributed by atoms with Crippen LogP contribution in [0.2, 0.25) is 0 Å².